The molecule has 138 valence electrons. The Labute approximate surface area is 156 Å². The summed E-state index contributed by atoms with van der Waals surface area (Å²) >= 11 is 10.3. The average molecular weight is 364 g/mol. The van der Waals surface area contributed by atoms with E-state index in [0.29, 0.717) is 0 Å². The van der Waals surface area contributed by atoms with Gasteiger partial charge in [-0.05, 0) is 57.5 Å². The summed E-state index contributed by atoms with van der Waals surface area (Å²) in [5, 5.41) is 0.840. The molecule has 23 heavy (non-hydrogen) atoms. The van der Waals surface area contributed by atoms with Crippen LogP contribution in [0.3, 0.4) is 0 Å². The molecule has 0 saturated heterocycles. The molecule has 1 rings (SSSR count). The lowest BCUT2D eigenvalue weighted by Gasteiger charge is -2.20. The first-order valence-electron chi connectivity index (χ1n) is 8.96. The van der Waals surface area contributed by atoms with Crippen molar-refractivity contribution in [1.82, 2.24) is 4.90 Å². The first-order valence-corrected chi connectivity index (χ1v) is 10.1. The van der Waals surface area contributed by atoms with Crippen LogP contribution in [0, 0.1) is 6.92 Å². The number of nitrogens with zero attached hydrogens (tertiary/aromatic N) is 1. The van der Waals surface area contributed by atoms with Crippen LogP contribution in [0.1, 0.15) is 65.9 Å². The molecule has 0 spiro atoms. The minimum atomic E-state index is 0.840. The zero-order chi connectivity index (χ0) is 18.5. The van der Waals surface area contributed by atoms with E-state index < -0.39 is 0 Å². The highest BCUT2D eigenvalue weighted by Crippen LogP contribution is 2.11. The minimum absolute atomic E-state index is 0.840. The lowest BCUT2D eigenvalue weighted by Crippen LogP contribution is -2.26. The number of unbranched alkanes of at least 4 members (excludes halogenated alkanes) is 1. The lowest BCUT2D eigenvalue weighted by molar-refractivity contribution is 0.270. The molecule has 1 aromatic rings. The van der Waals surface area contributed by atoms with Crippen LogP contribution in [0.4, 0.5) is 0 Å². The fourth-order valence-corrected chi connectivity index (χ4v) is 2.04. The van der Waals surface area contributed by atoms with Crippen LogP contribution in [0.5, 0.6) is 0 Å². The zero-order valence-electron chi connectivity index (χ0n) is 16.5. The molecular formula is C20H39Cl2N. The van der Waals surface area contributed by atoms with Gasteiger partial charge in [0.25, 0.3) is 0 Å². The van der Waals surface area contributed by atoms with Crippen LogP contribution in [0.15, 0.2) is 24.3 Å². The Morgan fingerprint density at radius 2 is 1.30 bits per heavy atom. The Bertz CT molecular complexity index is 289. The van der Waals surface area contributed by atoms with Gasteiger partial charge >= 0.3 is 0 Å². The van der Waals surface area contributed by atoms with Gasteiger partial charge in [0, 0.05) is 11.4 Å². The van der Waals surface area contributed by atoms with Gasteiger partial charge in [0.15, 0.2) is 0 Å². The highest BCUT2D eigenvalue weighted by molar-refractivity contribution is 6.31. The van der Waals surface area contributed by atoms with Crippen LogP contribution in [0.2, 0.25) is 5.02 Å². The summed E-state index contributed by atoms with van der Waals surface area (Å²) in [6.07, 6.45) is 6.75. The van der Waals surface area contributed by atoms with E-state index in [1.807, 2.05) is 45.0 Å². The highest BCUT2D eigenvalue weighted by atomic mass is 35.5. The third kappa shape index (κ3) is 19.7. The molecule has 0 atom stereocenters. The minimum Gasteiger partial charge on any atom is -0.303 e. The third-order valence-electron chi connectivity index (χ3n) is 2.98. The maximum atomic E-state index is 5.71. The van der Waals surface area contributed by atoms with Crippen molar-refractivity contribution in [2.75, 3.05) is 26.0 Å². The second kappa shape index (κ2) is 24.0. The Kier molecular flexibility index (Phi) is 28.8. The molecule has 0 aliphatic heterocycles. The van der Waals surface area contributed by atoms with E-state index in [1.54, 1.807) is 0 Å². The maximum absolute atomic E-state index is 5.71. The fourth-order valence-electron chi connectivity index (χ4n) is 1.90. The molecule has 0 aromatic heterocycles. The normalized spacial score (nSPS) is 8.96. The molecule has 0 aliphatic carbocycles. The van der Waals surface area contributed by atoms with E-state index in [-0.39, 0.29) is 0 Å². The highest BCUT2D eigenvalue weighted by Gasteiger charge is 1.99. The van der Waals surface area contributed by atoms with Crippen LogP contribution in [0.25, 0.3) is 0 Å². The van der Waals surface area contributed by atoms with Crippen molar-refractivity contribution in [2.45, 2.75) is 67.2 Å². The van der Waals surface area contributed by atoms with E-state index >= 15 is 0 Å². The standard InChI is InChI=1S/C10H23N.C7H7Cl.C2H6.CH3Cl/c1-4-7-10-11(8-5-2)9-6-3;1-6-4-2-3-5-7(6)8;2*1-2/h4-10H2,1-3H3;2-5H,1H3;1-2H3;1H3. The number of aryl methyl sites for hydroxylation is 1. The Balaban J connectivity index is -0.000000292. The molecule has 0 radical (unpaired) electrons. The van der Waals surface area contributed by atoms with E-state index in [4.69, 9.17) is 11.6 Å². The van der Waals surface area contributed by atoms with Crippen LogP contribution >= 0.6 is 23.2 Å². The summed E-state index contributed by atoms with van der Waals surface area (Å²) in [4.78, 5) is 2.57. The van der Waals surface area contributed by atoms with Crippen LogP contribution in [-0.4, -0.2) is 30.9 Å². The van der Waals surface area contributed by atoms with Crippen LogP contribution in [-0.2, 0) is 0 Å². The van der Waals surface area contributed by atoms with Gasteiger partial charge in [-0.25, -0.2) is 0 Å². The number of benzene rings is 1. The van der Waals surface area contributed by atoms with Gasteiger partial charge < -0.3 is 4.90 Å². The van der Waals surface area contributed by atoms with Crippen LogP contribution < -0.4 is 0 Å². The number of rotatable bonds is 7. The average Bonchev–Trinajstić information content (AvgIpc) is 2.60. The molecule has 0 N–H and O–H groups in total. The third-order valence-corrected chi connectivity index (χ3v) is 3.41. The summed E-state index contributed by atoms with van der Waals surface area (Å²) in [6, 6.07) is 7.77. The van der Waals surface area contributed by atoms with Gasteiger partial charge in [0.05, 0.1) is 0 Å². The van der Waals surface area contributed by atoms with Crippen molar-refractivity contribution in [1.29, 1.82) is 0 Å². The number of halogens is 2. The number of hydrogen-bond donors (Lipinski definition) is 0. The molecule has 3 heteroatoms. The topological polar surface area (TPSA) is 3.24 Å². The first-order chi connectivity index (χ1) is 11.2. The molecule has 1 aromatic carbocycles. The second-order valence-electron chi connectivity index (χ2n) is 4.94. The quantitative estimate of drug-likeness (QED) is 0.454. The van der Waals surface area contributed by atoms with E-state index in [0.717, 1.165) is 10.6 Å². The van der Waals surface area contributed by atoms with Gasteiger partial charge in [0.2, 0.25) is 0 Å². The second-order valence-corrected chi connectivity index (χ2v) is 5.35. The van der Waals surface area contributed by atoms with E-state index in [1.165, 1.54) is 51.7 Å². The predicted octanol–water partition coefficient (Wildman–Crippen LogP) is 7.44. The molecule has 1 nitrogen and oxygen atoms in total. The Morgan fingerprint density at radius 1 is 0.826 bits per heavy atom. The fraction of sp³-hybridized carbons (Fsp3) is 0.700. The lowest BCUT2D eigenvalue weighted by atomic mass is 10.2. The zero-order valence-corrected chi connectivity index (χ0v) is 18.0. The molecule has 0 bridgehead atoms. The summed E-state index contributed by atoms with van der Waals surface area (Å²) in [5.74, 6) is 0. The summed E-state index contributed by atoms with van der Waals surface area (Å²) in [6.45, 7) is 16.6. The van der Waals surface area contributed by atoms with Gasteiger partial charge in [0.1, 0.15) is 0 Å². The molecule has 0 saturated carbocycles. The maximum Gasteiger partial charge on any atom is 0.0435 e. The SMILES string of the molecule is CC.CCCCN(CCC)CCC.CCl.Cc1ccccc1Cl. The van der Waals surface area contributed by atoms with Gasteiger partial charge in [-0.3, -0.25) is 0 Å². The van der Waals surface area contributed by atoms with Crippen molar-refractivity contribution < 1.29 is 0 Å². The van der Waals surface area contributed by atoms with E-state index in [2.05, 4.69) is 37.3 Å². The van der Waals surface area contributed by atoms with E-state index in [9.17, 15) is 0 Å². The van der Waals surface area contributed by atoms with Gasteiger partial charge in [-0.15, -0.1) is 11.6 Å². The Morgan fingerprint density at radius 3 is 1.61 bits per heavy atom. The molecule has 0 aliphatic rings. The summed E-state index contributed by atoms with van der Waals surface area (Å²) in [5.41, 5.74) is 1.13. The van der Waals surface area contributed by atoms with Gasteiger partial charge in [-0.2, -0.15) is 0 Å². The molecule has 0 fully saturated rings. The first kappa shape index (κ1) is 27.6. The number of hydrogen-bond acceptors (Lipinski definition) is 1. The smallest absolute Gasteiger partial charge is 0.0435 e. The molecule has 0 amide bonds. The predicted molar refractivity (Wildman–Crippen MR) is 111 cm³/mol. The molecule has 0 unspecified atom stereocenters. The van der Waals surface area contributed by atoms with Crippen molar-refractivity contribution in [3.63, 3.8) is 0 Å². The summed E-state index contributed by atoms with van der Waals surface area (Å²) in [7, 11) is 0. The number of alkyl halides is 1. The van der Waals surface area contributed by atoms with Crippen molar-refractivity contribution >= 4 is 23.2 Å². The van der Waals surface area contributed by atoms with Crippen molar-refractivity contribution in [2.24, 2.45) is 0 Å². The van der Waals surface area contributed by atoms with Gasteiger partial charge in [-0.1, -0.05) is 70.8 Å². The largest absolute Gasteiger partial charge is 0.303 e. The molecule has 0 heterocycles. The Hall–Kier alpha value is -0.240. The summed E-state index contributed by atoms with van der Waals surface area (Å²) < 4.78 is 0. The molecular weight excluding hydrogens is 325 g/mol. The van der Waals surface area contributed by atoms with Crippen molar-refractivity contribution in [3.8, 4) is 0 Å². The monoisotopic (exact) mass is 363 g/mol. The van der Waals surface area contributed by atoms with Crippen molar-refractivity contribution in [3.05, 3.63) is 34.9 Å².